The molecule has 0 aromatic heterocycles. The molecule has 1 fully saturated rings. The summed E-state index contributed by atoms with van der Waals surface area (Å²) in [4.78, 5) is 26.4. The van der Waals surface area contributed by atoms with E-state index in [1.807, 2.05) is 24.3 Å². The van der Waals surface area contributed by atoms with Gasteiger partial charge in [0.1, 0.15) is 0 Å². The first-order valence-corrected chi connectivity index (χ1v) is 9.50. The minimum Gasteiger partial charge on any atom is -0.465 e. The number of esters is 1. The standard InChI is InChI=1S/C21H23ClN2O4/c1-27-21(26)16-8-6-15(7-9-16)20(25)23-14-19(24-10-12-28-13-11-24)17-4-2-3-5-18(17)22/h2-9,19H,10-14H2,1H3,(H,23,25). The molecule has 1 N–H and O–H groups in total. The molecule has 3 rings (SSSR count). The van der Waals surface area contributed by atoms with Crippen molar-refractivity contribution in [3.05, 3.63) is 70.2 Å². The first-order chi connectivity index (χ1) is 13.6. The van der Waals surface area contributed by atoms with Crippen LogP contribution in [0.25, 0.3) is 0 Å². The molecule has 0 saturated carbocycles. The van der Waals surface area contributed by atoms with E-state index in [4.69, 9.17) is 16.3 Å². The van der Waals surface area contributed by atoms with Gasteiger partial charge in [0.2, 0.25) is 0 Å². The number of halogens is 1. The molecule has 1 heterocycles. The minimum atomic E-state index is -0.432. The number of hydrogen-bond donors (Lipinski definition) is 1. The molecule has 2 aromatic rings. The molecule has 1 unspecified atom stereocenters. The SMILES string of the molecule is COC(=O)c1ccc(C(=O)NCC(c2ccccc2Cl)N2CCOCC2)cc1. The lowest BCUT2D eigenvalue weighted by atomic mass is 10.0. The van der Waals surface area contributed by atoms with Crippen LogP contribution in [0.1, 0.15) is 32.3 Å². The van der Waals surface area contributed by atoms with E-state index >= 15 is 0 Å². The Kier molecular flexibility index (Phi) is 7.03. The van der Waals surface area contributed by atoms with Gasteiger partial charge in [-0.25, -0.2) is 4.79 Å². The quantitative estimate of drug-likeness (QED) is 0.752. The van der Waals surface area contributed by atoms with Crippen LogP contribution in [-0.4, -0.2) is 56.7 Å². The molecule has 7 heteroatoms. The largest absolute Gasteiger partial charge is 0.465 e. The lowest BCUT2D eigenvalue weighted by Gasteiger charge is -2.35. The van der Waals surface area contributed by atoms with Gasteiger partial charge in [-0.3, -0.25) is 9.69 Å². The molecule has 1 saturated heterocycles. The van der Waals surface area contributed by atoms with Crippen LogP contribution < -0.4 is 5.32 Å². The zero-order valence-corrected chi connectivity index (χ0v) is 16.4. The molecule has 0 bridgehead atoms. The number of benzene rings is 2. The summed E-state index contributed by atoms with van der Waals surface area (Å²) in [6.45, 7) is 3.29. The predicted octanol–water partition coefficient (Wildman–Crippen LogP) is 2.93. The van der Waals surface area contributed by atoms with Crippen LogP contribution in [0.15, 0.2) is 48.5 Å². The van der Waals surface area contributed by atoms with E-state index in [0.717, 1.165) is 18.7 Å². The maximum atomic E-state index is 12.6. The Morgan fingerprint density at radius 3 is 2.39 bits per heavy atom. The summed E-state index contributed by atoms with van der Waals surface area (Å²) < 4.78 is 10.1. The van der Waals surface area contributed by atoms with Crippen molar-refractivity contribution >= 4 is 23.5 Å². The van der Waals surface area contributed by atoms with Crippen LogP contribution in [0.3, 0.4) is 0 Å². The number of nitrogens with zero attached hydrogens (tertiary/aromatic N) is 1. The van der Waals surface area contributed by atoms with Gasteiger partial charge in [-0.1, -0.05) is 29.8 Å². The third-order valence-corrected chi connectivity index (χ3v) is 5.12. The highest BCUT2D eigenvalue weighted by Crippen LogP contribution is 2.27. The average molecular weight is 403 g/mol. The molecule has 1 aliphatic rings. The number of ether oxygens (including phenoxy) is 2. The molecule has 148 valence electrons. The minimum absolute atomic E-state index is 0.0455. The van der Waals surface area contributed by atoms with Crippen molar-refractivity contribution in [2.45, 2.75) is 6.04 Å². The molecular weight excluding hydrogens is 380 g/mol. The van der Waals surface area contributed by atoms with Crippen molar-refractivity contribution < 1.29 is 19.1 Å². The van der Waals surface area contributed by atoms with E-state index in [0.29, 0.717) is 35.9 Å². The van der Waals surface area contributed by atoms with Gasteiger partial charge >= 0.3 is 5.97 Å². The predicted molar refractivity (Wildman–Crippen MR) is 107 cm³/mol. The molecule has 0 spiro atoms. The van der Waals surface area contributed by atoms with E-state index < -0.39 is 5.97 Å². The van der Waals surface area contributed by atoms with E-state index in [2.05, 4.69) is 15.0 Å². The molecule has 6 nitrogen and oxygen atoms in total. The summed E-state index contributed by atoms with van der Waals surface area (Å²) in [6.07, 6.45) is 0. The van der Waals surface area contributed by atoms with E-state index in [9.17, 15) is 9.59 Å². The fraction of sp³-hybridized carbons (Fsp3) is 0.333. The Morgan fingerprint density at radius 2 is 1.75 bits per heavy atom. The monoisotopic (exact) mass is 402 g/mol. The normalized spacial score (nSPS) is 15.6. The second-order valence-electron chi connectivity index (χ2n) is 6.46. The first-order valence-electron chi connectivity index (χ1n) is 9.13. The summed E-state index contributed by atoms with van der Waals surface area (Å²) in [6, 6.07) is 14.0. The summed E-state index contributed by atoms with van der Waals surface area (Å²) in [7, 11) is 1.32. The number of amides is 1. The van der Waals surface area contributed by atoms with E-state index in [1.165, 1.54) is 7.11 Å². The van der Waals surface area contributed by atoms with Crippen LogP contribution in [0, 0.1) is 0 Å². The maximum absolute atomic E-state index is 12.6. The van der Waals surface area contributed by atoms with Crippen LogP contribution >= 0.6 is 11.6 Å². The Labute approximate surface area is 169 Å². The lowest BCUT2D eigenvalue weighted by molar-refractivity contribution is 0.0162. The highest BCUT2D eigenvalue weighted by Gasteiger charge is 2.25. The van der Waals surface area contributed by atoms with Crippen molar-refractivity contribution in [2.75, 3.05) is 40.0 Å². The molecule has 0 aliphatic carbocycles. The number of carbonyl (C=O) groups excluding carboxylic acids is 2. The second-order valence-corrected chi connectivity index (χ2v) is 6.87. The van der Waals surface area contributed by atoms with Crippen molar-refractivity contribution in [2.24, 2.45) is 0 Å². The Balaban J connectivity index is 1.71. The average Bonchev–Trinajstić information content (AvgIpc) is 2.75. The van der Waals surface area contributed by atoms with Crippen molar-refractivity contribution in [1.29, 1.82) is 0 Å². The van der Waals surface area contributed by atoms with Crippen LogP contribution in [0.2, 0.25) is 5.02 Å². The number of methoxy groups -OCH3 is 1. The summed E-state index contributed by atoms with van der Waals surface area (Å²) in [5, 5.41) is 3.67. The zero-order valence-electron chi connectivity index (χ0n) is 15.7. The van der Waals surface area contributed by atoms with Crippen LogP contribution in [0.4, 0.5) is 0 Å². The van der Waals surface area contributed by atoms with Gasteiger partial charge in [0, 0.05) is 30.2 Å². The van der Waals surface area contributed by atoms with Crippen molar-refractivity contribution in [1.82, 2.24) is 10.2 Å². The second kappa shape index (κ2) is 9.68. The van der Waals surface area contributed by atoms with Gasteiger partial charge in [0.25, 0.3) is 5.91 Å². The Bertz CT molecular complexity index is 819. The molecule has 1 amide bonds. The summed E-state index contributed by atoms with van der Waals surface area (Å²) >= 11 is 6.42. The highest BCUT2D eigenvalue weighted by molar-refractivity contribution is 6.31. The van der Waals surface area contributed by atoms with Gasteiger partial charge < -0.3 is 14.8 Å². The fourth-order valence-corrected chi connectivity index (χ4v) is 3.50. The van der Waals surface area contributed by atoms with Gasteiger partial charge in [0.15, 0.2) is 0 Å². The lowest BCUT2D eigenvalue weighted by Crippen LogP contribution is -2.44. The third-order valence-electron chi connectivity index (χ3n) is 4.77. The smallest absolute Gasteiger partial charge is 0.337 e. The van der Waals surface area contributed by atoms with Gasteiger partial charge in [-0.15, -0.1) is 0 Å². The van der Waals surface area contributed by atoms with E-state index in [-0.39, 0.29) is 11.9 Å². The molecule has 28 heavy (non-hydrogen) atoms. The number of nitrogens with one attached hydrogen (secondary N) is 1. The van der Waals surface area contributed by atoms with Gasteiger partial charge in [-0.2, -0.15) is 0 Å². The van der Waals surface area contributed by atoms with Crippen molar-refractivity contribution in [3.8, 4) is 0 Å². The number of carbonyl (C=O) groups is 2. The first kappa shape index (κ1) is 20.3. The number of rotatable bonds is 6. The van der Waals surface area contributed by atoms with Gasteiger partial charge in [-0.05, 0) is 35.9 Å². The maximum Gasteiger partial charge on any atom is 0.337 e. The van der Waals surface area contributed by atoms with Gasteiger partial charge in [0.05, 0.1) is 31.9 Å². The highest BCUT2D eigenvalue weighted by atomic mass is 35.5. The summed E-state index contributed by atoms with van der Waals surface area (Å²) in [5.74, 6) is -0.639. The molecule has 1 aliphatic heterocycles. The van der Waals surface area contributed by atoms with Crippen molar-refractivity contribution in [3.63, 3.8) is 0 Å². The third kappa shape index (κ3) is 4.90. The number of hydrogen-bond acceptors (Lipinski definition) is 5. The van der Waals surface area contributed by atoms with E-state index in [1.54, 1.807) is 24.3 Å². The molecule has 0 radical (unpaired) electrons. The Hall–Kier alpha value is -2.41. The van der Waals surface area contributed by atoms with Crippen LogP contribution in [0.5, 0.6) is 0 Å². The topological polar surface area (TPSA) is 67.9 Å². The molecule has 2 aromatic carbocycles. The summed E-state index contributed by atoms with van der Waals surface area (Å²) in [5.41, 5.74) is 1.86. The Morgan fingerprint density at radius 1 is 1.11 bits per heavy atom. The zero-order chi connectivity index (χ0) is 19.9. The number of morpholine rings is 1. The fourth-order valence-electron chi connectivity index (χ4n) is 3.24. The van der Waals surface area contributed by atoms with Crippen LogP contribution in [-0.2, 0) is 9.47 Å². The molecular formula is C21H23ClN2O4. The molecule has 1 atom stereocenters.